The SMILES string of the molecule is NN=C(N)SCc1cccnc1Cl. The highest BCUT2D eigenvalue weighted by Crippen LogP contribution is 2.17. The Labute approximate surface area is 85.4 Å². The fourth-order valence-corrected chi connectivity index (χ4v) is 1.59. The Kier molecular flexibility index (Phi) is 3.85. The Hall–Kier alpha value is -0.940. The Morgan fingerprint density at radius 3 is 3.08 bits per heavy atom. The average Bonchev–Trinajstić information content (AvgIpc) is 2.16. The lowest BCUT2D eigenvalue weighted by Crippen LogP contribution is -2.09. The van der Waals surface area contributed by atoms with Gasteiger partial charge in [0, 0.05) is 11.9 Å². The molecule has 0 atom stereocenters. The van der Waals surface area contributed by atoms with Gasteiger partial charge < -0.3 is 11.6 Å². The molecule has 70 valence electrons. The second kappa shape index (κ2) is 4.94. The van der Waals surface area contributed by atoms with Crippen LogP contribution in [0.25, 0.3) is 0 Å². The van der Waals surface area contributed by atoms with Crippen LogP contribution in [-0.4, -0.2) is 10.2 Å². The summed E-state index contributed by atoms with van der Waals surface area (Å²) < 4.78 is 0. The van der Waals surface area contributed by atoms with Gasteiger partial charge in [-0.05, 0) is 11.6 Å². The number of amidine groups is 1. The van der Waals surface area contributed by atoms with Gasteiger partial charge in [0.2, 0.25) is 0 Å². The molecule has 13 heavy (non-hydrogen) atoms. The van der Waals surface area contributed by atoms with Crippen LogP contribution in [0.15, 0.2) is 23.4 Å². The normalized spacial score (nSPS) is 11.6. The number of hydrogen-bond donors (Lipinski definition) is 2. The molecule has 4 N–H and O–H groups in total. The molecule has 1 aromatic heterocycles. The largest absolute Gasteiger partial charge is 0.377 e. The third-order valence-corrected chi connectivity index (χ3v) is 2.54. The van der Waals surface area contributed by atoms with E-state index in [9.17, 15) is 0 Å². The Balaban J connectivity index is 2.60. The van der Waals surface area contributed by atoms with Crippen molar-refractivity contribution in [2.75, 3.05) is 0 Å². The van der Waals surface area contributed by atoms with E-state index in [4.69, 9.17) is 23.2 Å². The van der Waals surface area contributed by atoms with E-state index in [-0.39, 0.29) is 0 Å². The van der Waals surface area contributed by atoms with Crippen molar-refractivity contribution in [3.8, 4) is 0 Å². The predicted octanol–water partition coefficient (Wildman–Crippen LogP) is 1.16. The quantitative estimate of drug-likeness (QED) is 0.256. The number of hydrazone groups is 1. The van der Waals surface area contributed by atoms with E-state index in [0.717, 1.165) is 5.56 Å². The van der Waals surface area contributed by atoms with Crippen LogP contribution in [0.4, 0.5) is 0 Å². The van der Waals surface area contributed by atoms with Crippen LogP contribution in [-0.2, 0) is 5.75 Å². The molecule has 0 radical (unpaired) electrons. The maximum absolute atomic E-state index is 5.81. The minimum atomic E-state index is 0.333. The van der Waals surface area contributed by atoms with E-state index >= 15 is 0 Å². The molecule has 0 spiro atoms. The highest BCUT2D eigenvalue weighted by Gasteiger charge is 2.01. The number of halogens is 1. The summed E-state index contributed by atoms with van der Waals surface area (Å²) in [7, 11) is 0. The lowest BCUT2D eigenvalue weighted by Gasteiger charge is -2.01. The van der Waals surface area contributed by atoms with E-state index in [1.807, 2.05) is 12.1 Å². The van der Waals surface area contributed by atoms with Gasteiger partial charge in [0.05, 0.1) is 0 Å². The first-order valence-electron chi connectivity index (χ1n) is 3.49. The number of pyridine rings is 1. The summed E-state index contributed by atoms with van der Waals surface area (Å²) >= 11 is 7.14. The molecule has 0 bridgehead atoms. The molecule has 0 aliphatic rings. The standard InChI is InChI=1S/C7H9ClN4S/c8-6-5(2-1-3-11-6)4-13-7(9)12-10/h1-3H,4,10H2,(H2,9,12). The smallest absolute Gasteiger partial charge is 0.177 e. The van der Waals surface area contributed by atoms with Crippen molar-refractivity contribution in [1.82, 2.24) is 4.98 Å². The minimum absolute atomic E-state index is 0.333. The molecule has 1 aromatic rings. The lowest BCUT2D eigenvalue weighted by molar-refractivity contribution is 1.24. The van der Waals surface area contributed by atoms with Crippen molar-refractivity contribution in [3.05, 3.63) is 29.0 Å². The van der Waals surface area contributed by atoms with Crippen LogP contribution in [0.2, 0.25) is 5.15 Å². The predicted molar refractivity (Wildman–Crippen MR) is 56.4 cm³/mol. The van der Waals surface area contributed by atoms with Crippen molar-refractivity contribution in [3.63, 3.8) is 0 Å². The molecule has 0 fully saturated rings. The monoisotopic (exact) mass is 216 g/mol. The van der Waals surface area contributed by atoms with Crippen molar-refractivity contribution < 1.29 is 0 Å². The van der Waals surface area contributed by atoms with Crippen LogP contribution < -0.4 is 11.6 Å². The summed E-state index contributed by atoms with van der Waals surface area (Å²) in [6, 6.07) is 3.70. The Morgan fingerprint density at radius 2 is 2.46 bits per heavy atom. The molecular weight excluding hydrogens is 208 g/mol. The number of aromatic nitrogens is 1. The van der Waals surface area contributed by atoms with Gasteiger partial charge in [0.15, 0.2) is 5.17 Å². The molecule has 0 saturated heterocycles. The molecule has 1 rings (SSSR count). The summed E-state index contributed by atoms with van der Waals surface area (Å²) in [5.41, 5.74) is 6.31. The third-order valence-electron chi connectivity index (χ3n) is 1.34. The summed E-state index contributed by atoms with van der Waals surface area (Å²) in [6.07, 6.45) is 1.64. The van der Waals surface area contributed by atoms with Crippen LogP contribution in [0.3, 0.4) is 0 Å². The average molecular weight is 217 g/mol. The topological polar surface area (TPSA) is 77.3 Å². The second-order valence-electron chi connectivity index (χ2n) is 2.21. The minimum Gasteiger partial charge on any atom is -0.377 e. The van der Waals surface area contributed by atoms with E-state index in [1.54, 1.807) is 6.20 Å². The first-order valence-corrected chi connectivity index (χ1v) is 4.86. The van der Waals surface area contributed by atoms with Gasteiger partial charge in [-0.2, -0.15) is 5.10 Å². The maximum atomic E-state index is 5.81. The van der Waals surface area contributed by atoms with E-state index in [1.165, 1.54) is 11.8 Å². The van der Waals surface area contributed by atoms with Gasteiger partial charge in [-0.25, -0.2) is 4.98 Å². The maximum Gasteiger partial charge on any atom is 0.177 e. The van der Waals surface area contributed by atoms with Gasteiger partial charge >= 0.3 is 0 Å². The van der Waals surface area contributed by atoms with Crippen LogP contribution >= 0.6 is 23.4 Å². The molecule has 0 amide bonds. The zero-order chi connectivity index (χ0) is 9.68. The summed E-state index contributed by atoms with van der Waals surface area (Å²) in [6.45, 7) is 0. The second-order valence-corrected chi connectivity index (χ2v) is 3.56. The van der Waals surface area contributed by atoms with E-state index in [0.29, 0.717) is 16.1 Å². The van der Waals surface area contributed by atoms with Crippen LogP contribution in [0.1, 0.15) is 5.56 Å². The highest BCUT2D eigenvalue weighted by atomic mass is 35.5. The molecule has 0 saturated carbocycles. The third kappa shape index (κ3) is 3.12. The number of rotatable bonds is 2. The molecular formula is C7H9ClN4S. The van der Waals surface area contributed by atoms with Gasteiger partial charge in [0.25, 0.3) is 0 Å². The Morgan fingerprint density at radius 1 is 1.69 bits per heavy atom. The number of thioether (sulfide) groups is 1. The zero-order valence-electron chi connectivity index (χ0n) is 6.77. The van der Waals surface area contributed by atoms with Gasteiger partial charge in [-0.15, -0.1) is 0 Å². The van der Waals surface area contributed by atoms with E-state index in [2.05, 4.69) is 10.1 Å². The van der Waals surface area contributed by atoms with Gasteiger partial charge in [-0.1, -0.05) is 29.4 Å². The van der Waals surface area contributed by atoms with Crippen molar-refractivity contribution in [2.45, 2.75) is 5.75 Å². The van der Waals surface area contributed by atoms with Gasteiger partial charge in [-0.3, -0.25) is 0 Å². The molecule has 4 nitrogen and oxygen atoms in total. The first kappa shape index (κ1) is 10.1. The molecule has 1 heterocycles. The number of hydrogen-bond acceptors (Lipinski definition) is 4. The van der Waals surface area contributed by atoms with Crippen molar-refractivity contribution in [2.24, 2.45) is 16.7 Å². The van der Waals surface area contributed by atoms with E-state index < -0.39 is 0 Å². The summed E-state index contributed by atoms with van der Waals surface area (Å²) in [5.74, 6) is 5.59. The molecule has 0 aliphatic carbocycles. The number of nitrogens with zero attached hydrogens (tertiary/aromatic N) is 2. The molecule has 0 aromatic carbocycles. The number of nitrogens with two attached hydrogens (primary N) is 2. The summed E-state index contributed by atoms with van der Waals surface area (Å²) in [4.78, 5) is 3.92. The van der Waals surface area contributed by atoms with Crippen molar-refractivity contribution in [1.29, 1.82) is 0 Å². The van der Waals surface area contributed by atoms with Crippen LogP contribution in [0, 0.1) is 0 Å². The van der Waals surface area contributed by atoms with Crippen LogP contribution in [0.5, 0.6) is 0 Å². The first-order chi connectivity index (χ1) is 6.24. The van der Waals surface area contributed by atoms with Gasteiger partial charge in [0.1, 0.15) is 5.15 Å². The Bertz CT molecular complexity index is 315. The summed E-state index contributed by atoms with van der Waals surface area (Å²) in [5, 5.41) is 4.15. The fraction of sp³-hybridized carbons (Fsp3) is 0.143. The lowest BCUT2D eigenvalue weighted by atomic mass is 10.3. The molecule has 0 aliphatic heterocycles. The van der Waals surface area contributed by atoms with Crippen molar-refractivity contribution >= 4 is 28.5 Å². The highest BCUT2D eigenvalue weighted by molar-refractivity contribution is 8.13. The fourth-order valence-electron chi connectivity index (χ4n) is 0.716. The zero-order valence-corrected chi connectivity index (χ0v) is 8.35. The molecule has 6 heteroatoms. The molecule has 0 unspecified atom stereocenters.